The number of nitriles is 1. The van der Waals surface area contributed by atoms with Crippen LogP contribution in [0, 0.1) is 17.1 Å². The van der Waals surface area contributed by atoms with Crippen LogP contribution in [0.2, 0.25) is 0 Å². The first-order valence-electron chi connectivity index (χ1n) is 6.24. The van der Waals surface area contributed by atoms with E-state index in [0.717, 1.165) is 0 Å². The Labute approximate surface area is 131 Å². The van der Waals surface area contributed by atoms with E-state index in [9.17, 15) is 9.18 Å². The van der Waals surface area contributed by atoms with Gasteiger partial charge in [0.2, 0.25) is 0 Å². The minimum Gasteiger partial charge on any atom is -0.469 e. The molecule has 0 fully saturated rings. The Morgan fingerprint density at radius 1 is 1.43 bits per heavy atom. The molecule has 0 atom stereocenters. The van der Waals surface area contributed by atoms with Gasteiger partial charge in [-0.25, -0.2) is 4.39 Å². The smallest absolute Gasteiger partial charge is 0.307 e. The zero-order valence-corrected chi connectivity index (χ0v) is 13.4. The molecule has 114 valence electrons. The highest BCUT2D eigenvalue weighted by atomic mass is 79.9. The van der Waals surface area contributed by atoms with Gasteiger partial charge in [-0.2, -0.15) is 5.26 Å². The van der Waals surface area contributed by atoms with Crippen LogP contribution in [0.1, 0.15) is 12.0 Å². The van der Waals surface area contributed by atoms with Crippen molar-refractivity contribution in [2.75, 3.05) is 38.8 Å². The Bertz CT molecular complexity index is 546. The quantitative estimate of drug-likeness (QED) is 0.700. The molecule has 1 aromatic rings. The Morgan fingerprint density at radius 3 is 2.71 bits per heavy atom. The predicted octanol–water partition coefficient (Wildman–Crippen LogP) is 2.48. The van der Waals surface area contributed by atoms with Gasteiger partial charge in [-0.1, -0.05) is 0 Å². The largest absolute Gasteiger partial charge is 0.469 e. The lowest BCUT2D eigenvalue weighted by Gasteiger charge is -2.25. The van der Waals surface area contributed by atoms with Crippen molar-refractivity contribution in [1.82, 2.24) is 0 Å². The van der Waals surface area contributed by atoms with E-state index in [1.165, 1.54) is 19.2 Å². The molecular formula is C14H16BrFN2O3. The Hall–Kier alpha value is -1.65. The van der Waals surface area contributed by atoms with E-state index in [2.05, 4.69) is 20.7 Å². The number of methoxy groups -OCH3 is 2. The number of esters is 1. The van der Waals surface area contributed by atoms with Crippen LogP contribution < -0.4 is 4.90 Å². The molecule has 0 aliphatic carbocycles. The van der Waals surface area contributed by atoms with Gasteiger partial charge in [-0.3, -0.25) is 4.79 Å². The summed E-state index contributed by atoms with van der Waals surface area (Å²) in [4.78, 5) is 12.9. The number of nitrogens with zero attached hydrogens (tertiary/aromatic N) is 2. The number of hydrogen-bond acceptors (Lipinski definition) is 5. The average Bonchev–Trinajstić information content (AvgIpc) is 2.50. The molecule has 0 aromatic heterocycles. The lowest BCUT2D eigenvalue weighted by molar-refractivity contribution is -0.140. The normalized spacial score (nSPS) is 10.0. The third-order valence-electron chi connectivity index (χ3n) is 2.90. The summed E-state index contributed by atoms with van der Waals surface area (Å²) in [5.74, 6) is -0.902. The summed E-state index contributed by atoms with van der Waals surface area (Å²) in [6, 6.07) is 4.95. The van der Waals surface area contributed by atoms with Crippen molar-refractivity contribution in [2.45, 2.75) is 6.42 Å². The minimum atomic E-state index is -0.532. The number of rotatable bonds is 7. The van der Waals surface area contributed by atoms with Gasteiger partial charge in [0.05, 0.1) is 35.9 Å². The summed E-state index contributed by atoms with van der Waals surface area (Å²) >= 11 is 3.07. The van der Waals surface area contributed by atoms with Crippen LogP contribution in [0.3, 0.4) is 0 Å². The number of carbonyl (C=O) groups excluding carboxylic acids is 1. The Kier molecular flexibility index (Phi) is 7.12. The number of anilines is 1. The second kappa shape index (κ2) is 8.60. The SMILES string of the molecule is COCCN(CCC(=O)OC)c1ccc(C#N)c(Br)c1F. The van der Waals surface area contributed by atoms with Crippen molar-refractivity contribution in [3.63, 3.8) is 0 Å². The molecule has 21 heavy (non-hydrogen) atoms. The molecule has 0 saturated carbocycles. The highest BCUT2D eigenvalue weighted by Gasteiger charge is 2.17. The van der Waals surface area contributed by atoms with Gasteiger partial charge in [0.15, 0.2) is 5.82 Å². The maximum Gasteiger partial charge on any atom is 0.307 e. The molecule has 1 rings (SSSR count). The van der Waals surface area contributed by atoms with Crippen molar-refractivity contribution in [1.29, 1.82) is 5.26 Å². The second-order valence-electron chi connectivity index (χ2n) is 4.18. The average molecular weight is 359 g/mol. The zero-order chi connectivity index (χ0) is 15.8. The highest BCUT2D eigenvalue weighted by Crippen LogP contribution is 2.29. The lowest BCUT2D eigenvalue weighted by Crippen LogP contribution is -2.30. The number of benzene rings is 1. The Balaban J connectivity index is 3.00. The van der Waals surface area contributed by atoms with E-state index >= 15 is 0 Å². The van der Waals surface area contributed by atoms with Crippen molar-refractivity contribution in [3.05, 3.63) is 28.0 Å². The molecule has 0 aliphatic rings. The summed E-state index contributed by atoms with van der Waals surface area (Å²) in [7, 11) is 2.85. The fraction of sp³-hybridized carbons (Fsp3) is 0.429. The minimum absolute atomic E-state index is 0.114. The van der Waals surface area contributed by atoms with E-state index in [1.54, 1.807) is 12.0 Å². The standard InChI is InChI=1S/C14H16BrFN2O3/c1-20-8-7-18(6-5-12(19)21-2)11-4-3-10(9-17)13(15)14(11)16/h3-4H,5-8H2,1-2H3. The first kappa shape index (κ1) is 17.4. The molecule has 0 aliphatic heterocycles. The van der Waals surface area contributed by atoms with Crippen molar-refractivity contribution in [3.8, 4) is 6.07 Å². The van der Waals surface area contributed by atoms with Crippen molar-refractivity contribution >= 4 is 27.6 Å². The van der Waals surface area contributed by atoms with Gasteiger partial charge in [-0.15, -0.1) is 0 Å². The maximum atomic E-state index is 14.3. The molecule has 0 spiro atoms. The summed E-state index contributed by atoms with van der Waals surface area (Å²) in [5.41, 5.74) is 0.526. The topological polar surface area (TPSA) is 62.6 Å². The van der Waals surface area contributed by atoms with E-state index < -0.39 is 5.82 Å². The molecule has 0 saturated heterocycles. The molecular weight excluding hydrogens is 343 g/mol. The van der Waals surface area contributed by atoms with Crippen LogP contribution in [0.4, 0.5) is 10.1 Å². The van der Waals surface area contributed by atoms with Crippen LogP contribution in [-0.4, -0.2) is 39.9 Å². The van der Waals surface area contributed by atoms with Crippen LogP contribution in [0.5, 0.6) is 0 Å². The molecule has 0 radical (unpaired) electrons. The van der Waals surface area contributed by atoms with Gasteiger partial charge < -0.3 is 14.4 Å². The molecule has 0 amide bonds. The predicted molar refractivity (Wildman–Crippen MR) is 79.5 cm³/mol. The summed E-state index contributed by atoms with van der Waals surface area (Å²) < 4.78 is 24.0. The number of ether oxygens (including phenoxy) is 2. The van der Waals surface area contributed by atoms with Crippen LogP contribution in [-0.2, 0) is 14.3 Å². The summed E-state index contributed by atoms with van der Waals surface area (Å²) in [6.45, 7) is 1.10. The van der Waals surface area contributed by atoms with Gasteiger partial charge in [-0.05, 0) is 28.1 Å². The molecule has 1 aromatic carbocycles. The van der Waals surface area contributed by atoms with E-state index in [1.807, 2.05) is 6.07 Å². The van der Waals surface area contributed by atoms with Crippen LogP contribution in [0.15, 0.2) is 16.6 Å². The molecule has 5 nitrogen and oxygen atoms in total. The number of halogens is 2. The Morgan fingerprint density at radius 2 is 2.14 bits per heavy atom. The molecule has 0 heterocycles. The van der Waals surface area contributed by atoms with Crippen molar-refractivity contribution in [2.24, 2.45) is 0 Å². The van der Waals surface area contributed by atoms with Gasteiger partial charge in [0, 0.05) is 20.2 Å². The maximum absolute atomic E-state index is 14.3. The molecule has 0 unspecified atom stereocenters. The van der Waals surface area contributed by atoms with Crippen LogP contribution in [0.25, 0.3) is 0 Å². The summed E-state index contributed by atoms with van der Waals surface area (Å²) in [6.07, 6.45) is 0.136. The molecule has 0 bridgehead atoms. The molecule has 7 heteroatoms. The van der Waals surface area contributed by atoms with Gasteiger partial charge in [0.1, 0.15) is 6.07 Å². The second-order valence-corrected chi connectivity index (χ2v) is 4.97. The lowest BCUT2D eigenvalue weighted by atomic mass is 10.2. The van der Waals surface area contributed by atoms with E-state index in [0.29, 0.717) is 25.4 Å². The van der Waals surface area contributed by atoms with Gasteiger partial charge >= 0.3 is 5.97 Å². The van der Waals surface area contributed by atoms with Crippen LogP contribution >= 0.6 is 15.9 Å². The van der Waals surface area contributed by atoms with Crippen molar-refractivity contribution < 1.29 is 18.7 Å². The number of carbonyl (C=O) groups is 1. The zero-order valence-electron chi connectivity index (χ0n) is 11.9. The fourth-order valence-electron chi connectivity index (χ4n) is 1.75. The van der Waals surface area contributed by atoms with E-state index in [-0.39, 0.29) is 22.4 Å². The summed E-state index contributed by atoms with van der Waals surface area (Å²) in [5, 5.41) is 8.88. The van der Waals surface area contributed by atoms with E-state index in [4.69, 9.17) is 10.00 Å². The first-order chi connectivity index (χ1) is 10.0. The first-order valence-corrected chi connectivity index (χ1v) is 7.03. The fourth-order valence-corrected chi connectivity index (χ4v) is 2.18. The third-order valence-corrected chi connectivity index (χ3v) is 3.68. The van der Waals surface area contributed by atoms with Gasteiger partial charge in [0.25, 0.3) is 0 Å². The number of hydrogen-bond donors (Lipinski definition) is 0. The molecule has 0 N–H and O–H groups in total. The third kappa shape index (κ3) is 4.69. The highest BCUT2D eigenvalue weighted by molar-refractivity contribution is 9.10. The monoisotopic (exact) mass is 358 g/mol.